The maximum absolute atomic E-state index is 5.46. The first-order valence-corrected chi connectivity index (χ1v) is 6.49. The Morgan fingerprint density at radius 2 is 2.19 bits per heavy atom. The third kappa shape index (κ3) is 4.81. The molecule has 1 aliphatic heterocycles. The molecule has 1 N–H and O–H groups in total. The molecule has 96 valence electrons. The van der Waals surface area contributed by atoms with Gasteiger partial charge in [-0.2, -0.15) is 0 Å². The van der Waals surface area contributed by atoms with E-state index in [0.29, 0.717) is 0 Å². The highest BCUT2D eigenvalue weighted by Gasteiger charge is 2.22. The molecule has 0 amide bonds. The lowest BCUT2D eigenvalue weighted by Gasteiger charge is -2.34. The van der Waals surface area contributed by atoms with E-state index in [1.807, 2.05) is 7.05 Å². The van der Waals surface area contributed by atoms with Crippen LogP contribution in [0, 0.1) is 5.92 Å². The van der Waals surface area contributed by atoms with Crippen LogP contribution >= 0.6 is 0 Å². The van der Waals surface area contributed by atoms with Gasteiger partial charge in [0.05, 0.1) is 5.60 Å². The maximum atomic E-state index is 5.46. The predicted octanol–water partition coefficient (Wildman–Crippen LogP) is 1.73. The van der Waals surface area contributed by atoms with Gasteiger partial charge in [-0.1, -0.05) is 0 Å². The van der Waals surface area contributed by atoms with E-state index in [-0.39, 0.29) is 5.60 Å². The number of ether oxygens (including phenoxy) is 1. The van der Waals surface area contributed by atoms with Crippen LogP contribution in [0.3, 0.4) is 0 Å². The van der Waals surface area contributed by atoms with Gasteiger partial charge in [0.25, 0.3) is 0 Å². The second-order valence-electron chi connectivity index (χ2n) is 5.58. The molecule has 0 aromatic rings. The van der Waals surface area contributed by atoms with Gasteiger partial charge in [0.2, 0.25) is 0 Å². The average Bonchev–Trinajstić information content (AvgIpc) is 2.28. The number of methoxy groups -OCH3 is 1. The first kappa shape index (κ1) is 13.9. The van der Waals surface area contributed by atoms with E-state index in [1.54, 1.807) is 7.11 Å². The van der Waals surface area contributed by atoms with Crippen molar-refractivity contribution in [1.29, 1.82) is 0 Å². The summed E-state index contributed by atoms with van der Waals surface area (Å²) in [6.45, 7) is 9.18. The monoisotopic (exact) mass is 228 g/mol. The van der Waals surface area contributed by atoms with Crippen LogP contribution < -0.4 is 5.32 Å². The molecule has 3 nitrogen and oxygen atoms in total. The summed E-state index contributed by atoms with van der Waals surface area (Å²) < 4.78 is 5.46. The summed E-state index contributed by atoms with van der Waals surface area (Å²) in [7, 11) is 3.85. The largest absolute Gasteiger partial charge is 0.379 e. The minimum absolute atomic E-state index is 0.0238. The van der Waals surface area contributed by atoms with E-state index < -0.39 is 0 Å². The molecule has 1 unspecified atom stereocenters. The van der Waals surface area contributed by atoms with Gasteiger partial charge in [-0.3, -0.25) is 0 Å². The molecule has 0 aliphatic carbocycles. The lowest BCUT2D eigenvalue weighted by atomic mass is 9.97. The first-order valence-electron chi connectivity index (χ1n) is 6.49. The summed E-state index contributed by atoms with van der Waals surface area (Å²) in [6, 6.07) is 0. The molecule has 0 saturated carbocycles. The van der Waals surface area contributed by atoms with E-state index in [0.717, 1.165) is 18.9 Å². The van der Waals surface area contributed by atoms with Gasteiger partial charge in [-0.15, -0.1) is 0 Å². The molecule has 1 rings (SSSR count). The number of piperidine rings is 1. The van der Waals surface area contributed by atoms with E-state index >= 15 is 0 Å². The number of hydrogen-bond donors (Lipinski definition) is 1. The van der Waals surface area contributed by atoms with E-state index in [4.69, 9.17) is 4.74 Å². The second-order valence-corrected chi connectivity index (χ2v) is 5.58. The topological polar surface area (TPSA) is 24.5 Å². The van der Waals surface area contributed by atoms with Gasteiger partial charge >= 0.3 is 0 Å². The van der Waals surface area contributed by atoms with Crippen LogP contribution in [-0.2, 0) is 4.74 Å². The zero-order chi connectivity index (χ0) is 12.0. The highest BCUT2D eigenvalue weighted by atomic mass is 16.5. The number of nitrogens with zero attached hydrogens (tertiary/aromatic N) is 1. The van der Waals surface area contributed by atoms with Crippen molar-refractivity contribution in [2.45, 2.75) is 38.7 Å². The van der Waals surface area contributed by atoms with Crippen LogP contribution in [0.1, 0.15) is 33.1 Å². The molecule has 1 heterocycles. The zero-order valence-corrected chi connectivity index (χ0v) is 11.4. The van der Waals surface area contributed by atoms with Crippen LogP contribution in [-0.4, -0.2) is 50.8 Å². The Labute approximate surface area is 101 Å². The minimum Gasteiger partial charge on any atom is -0.379 e. The van der Waals surface area contributed by atoms with Crippen molar-refractivity contribution in [2.24, 2.45) is 5.92 Å². The number of hydrogen-bond acceptors (Lipinski definition) is 3. The van der Waals surface area contributed by atoms with Crippen LogP contribution in [0.15, 0.2) is 0 Å². The Balaban J connectivity index is 2.26. The molecule has 0 radical (unpaired) electrons. The molecule has 1 saturated heterocycles. The summed E-state index contributed by atoms with van der Waals surface area (Å²) in [6.07, 6.45) is 3.85. The van der Waals surface area contributed by atoms with Crippen molar-refractivity contribution in [3.8, 4) is 0 Å². The van der Waals surface area contributed by atoms with Gasteiger partial charge < -0.3 is 15.0 Å². The molecule has 0 aromatic heterocycles. The maximum Gasteiger partial charge on any atom is 0.0634 e. The Bertz CT molecular complexity index is 192. The SMILES string of the molecule is CNCC1CCCN(CCC(C)(C)OC)C1. The Kier molecular flexibility index (Phi) is 5.73. The second kappa shape index (κ2) is 6.58. The Morgan fingerprint density at radius 1 is 1.44 bits per heavy atom. The van der Waals surface area contributed by atoms with Crippen LogP contribution in [0.5, 0.6) is 0 Å². The van der Waals surface area contributed by atoms with Crippen molar-refractivity contribution in [2.75, 3.05) is 40.3 Å². The first-order chi connectivity index (χ1) is 7.57. The van der Waals surface area contributed by atoms with Crippen molar-refractivity contribution in [3.05, 3.63) is 0 Å². The Hall–Kier alpha value is -0.120. The summed E-state index contributed by atoms with van der Waals surface area (Å²) >= 11 is 0. The highest BCUT2D eigenvalue weighted by molar-refractivity contribution is 4.77. The number of nitrogens with one attached hydrogen (secondary N) is 1. The fraction of sp³-hybridized carbons (Fsp3) is 1.00. The third-order valence-corrected chi connectivity index (χ3v) is 3.68. The van der Waals surface area contributed by atoms with Gasteiger partial charge in [-0.25, -0.2) is 0 Å². The molecule has 0 aromatic carbocycles. The fourth-order valence-electron chi connectivity index (χ4n) is 2.34. The van der Waals surface area contributed by atoms with Crippen molar-refractivity contribution >= 4 is 0 Å². The predicted molar refractivity (Wildman–Crippen MR) is 68.8 cm³/mol. The molecule has 3 heteroatoms. The molecule has 0 bridgehead atoms. The lowest BCUT2D eigenvalue weighted by Crippen LogP contribution is -2.41. The van der Waals surface area contributed by atoms with E-state index in [1.165, 1.54) is 32.5 Å². The smallest absolute Gasteiger partial charge is 0.0634 e. The van der Waals surface area contributed by atoms with Crippen LogP contribution in [0.2, 0.25) is 0 Å². The minimum atomic E-state index is 0.0238. The van der Waals surface area contributed by atoms with Crippen LogP contribution in [0.25, 0.3) is 0 Å². The quantitative estimate of drug-likeness (QED) is 0.749. The molecular formula is C13H28N2O. The van der Waals surface area contributed by atoms with Crippen molar-refractivity contribution in [3.63, 3.8) is 0 Å². The van der Waals surface area contributed by atoms with E-state index in [2.05, 4.69) is 24.1 Å². The molecule has 16 heavy (non-hydrogen) atoms. The molecule has 1 fully saturated rings. The summed E-state index contributed by atoms with van der Waals surface area (Å²) in [4.78, 5) is 2.59. The number of likely N-dealkylation sites (tertiary alicyclic amines) is 1. The normalized spacial score (nSPS) is 23.6. The van der Waals surface area contributed by atoms with E-state index in [9.17, 15) is 0 Å². The molecule has 0 spiro atoms. The summed E-state index contributed by atoms with van der Waals surface area (Å²) in [5.74, 6) is 0.837. The highest BCUT2D eigenvalue weighted by Crippen LogP contribution is 2.19. The van der Waals surface area contributed by atoms with Crippen LogP contribution in [0.4, 0.5) is 0 Å². The van der Waals surface area contributed by atoms with Crippen molar-refractivity contribution in [1.82, 2.24) is 10.2 Å². The standard InChI is InChI=1S/C13H28N2O/c1-13(2,16-4)7-9-15-8-5-6-12(11-15)10-14-3/h12,14H,5-11H2,1-4H3. The lowest BCUT2D eigenvalue weighted by molar-refractivity contribution is 0.00419. The summed E-state index contributed by atoms with van der Waals surface area (Å²) in [5, 5.41) is 3.29. The molecule has 1 aliphatic rings. The third-order valence-electron chi connectivity index (χ3n) is 3.68. The summed E-state index contributed by atoms with van der Waals surface area (Å²) in [5.41, 5.74) is 0.0238. The molecule has 1 atom stereocenters. The van der Waals surface area contributed by atoms with Gasteiger partial charge in [0.1, 0.15) is 0 Å². The molecular weight excluding hydrogens is 200 g/mol. The van der Waals surface area contributed by atoms with Gasteiger partial charge in [-0.05, 0) is 59.2 Å². The average molecular weight is 228 g/mol. The fourth-order valence-corrected chi connectivity index (χ4v) is 2.34. The van der Waals surface area contributed by atoms with Crippen molar-refractivity contribution < 1.29 is 4.74 Å². The van der Waals surface area contributed by atoms with Gasteiger partial charge in [0.15, 0.2) is 0 Å². The number of rotatable bonds is 6. The van der Waals surface area contributed by atoms with Gasteiger partial charge in [0, 0.05) is 20.2 Å². The Morgan fingerprint density at radius 3 is 2.81 bits per heavy atom. The zero-order valence-electron chi connectivity index (χ0n) is 11.4.